The van der Waals surface area contributed by atoms with E-state index in [1.807, 2.05) is 43.5 Å². The molecule has 1 saturated heterocycles. The second kappa shape index (κ2) is 7.22. The second-order valence-electron chi connectivity index (χ2n) is 6.99. The molecule has 2 N–H and O–H groups in total. The number of benzene rings is 2. The van der Waals surface area contributed by atoms with Crippen molar-refractivity contribution < 1.29 is 19.8 Å². The van der Waals surface area contributed by atoms with Crippen LogP contribution < -0.4 is 4.90 Å². The second-order valence-corrected chi connectivity index (χ2v) is 7.97. The van der Waals surface area contributed by atoms with E-state index in [9.17, 15) is 19.8 Å². The minimum atomic E-state index is -0.816. The molecule has 5 nitrogen and oxygen atoms in total. The van der Waals surface area contributed by atoms with Gasteiger partial charge in [-0.3, -0.25) is 14.5 Å². The van der Waals surface area contributed by atoms with Crippen molar-refractivity contribution >= 4 is 34.5 Å². The topological polar surface area (TPSA) is 77.8 Å². The van der Waals surface area contributed by atoms with Crippen molar-refractivity contribution in [2.45, 2.75) is 19.9 Å². The van der Waals surface area contributed by atoms with Crippen LogP contribution in [0.2, 0.25) is 0 Å². The predicted molar refractivity (Wildman–Crippen MR) is 113 cm³/mol. The minimum absolute atomic E-state index is 0.0226. The number of hydrogen-bond acceptors (Lipinski definition) is 5. The third-order valence-electron chi connectivity index (χ3n) is 5.05. The standard InChI is InChI=1S/C23H19NO4S/c1-13-9-10-14(2)15(12-13)21(26)19-20(18-8-5-11-29-18)24(23(28)22(19)27)16-6-3-4-7-17(16)25/h3-12,20,25-26H,1-2H3/b21-19-. The zero-order chi connectivity index (χ0) is 20.7. The van der Waals surface area contributed by atoms with Crippen molar-refractivity contribution in [1.29, 1.82) is 0 Å². The Morgan fingerprint density at radius 2 is 1.79 bits per heavy atom. The third kappa shape index (κ3) is 3.11. The first-order valence-corrected chi connectivity index (χ1v) is 9.98. The number of aromatic hydroxyl groups is 1. The Balaban J connectivity index is 1.98. The smallest absolute Gasteiger partial charge is 0.300 e. The summed E-state index contributed by atoms with van der Waals surface area (Å²) in [6.07, 6.45) is 0. The van der Waals surface area contributed by atoms with Crippen LogP contribution in [0.3, 0.4) is 0 Å². The SMILES string of the molecule is Cc1ccc(C)c(/C(O)=C2/C(=O)C(=O)N(c3ccccc3O)C2c2cccs2)c1. The van der Waals surface area contributed by atoms with Crippen molar-refractivity contribution in [2.75, 3.05) is 4.90 Å². The molecular weight excluding hydrogens is 386 g/mol. The van der Waals surface area contributed by atoms with Crippen molar-refractivity contribution in [1.82, 2.24) is 0 Å². The number of hydrogen-bond donors (Lipinski definition) is 2. The molecule has 29 heavy (non-hydrogen) atoms. The average Bonchev–Trinajstić information content (AvgIpc) is 3.31. The molecule has 1 aliphatic rings. The Hall–Kier alpha value is -3.38. The lowest BCUT2D eigenvalue weighted by Crippen LogP contribution is -2.29. The highest BCUT2D eigenvalue weighted by Gasteiger charge is 2.48. The van der Waals surface area contributed by atoms with E-state index in [1.54, 1.807) is 24.3 Å². The molecule has 2 heterocycles. The van der Waals surface area contributed by atoms with Crippen LogP contribution in [-0.2, 0) is 9.59 Å². The number of nitrogens with zero attached hydrogens (tertiary/aromatic N) is 1. The van der Waals surface area contributed by atoms with E-state index in [0.717, 1.165) is 16.0 Å². The highest BCUT2D eigenvalue weighted by molar-refractivity contribution is 7.10. The van der Waals surface area contributed by atoms with Crippen LogP contribution >= 0.6 is 11.3 Å². The van der Waals surface area contributed by atoms with Gasteiger partial charge in [0, 0.05) is 10.4 Å². The van der Waals surface area contributed by atoms with Crippen molar-refractivity contribution in [3.05, 3.63) is 87.1 Å². The van der Waals surface area contributed by atoms with Gasteiger partial charge >= 0.3 is 0 Å². The summed E-state index contributed by atoms with van der Waals surface area (Å²) < 4.78 is 0. The summed E-state index contributed by atoms with van der Waals surface area (Å²) in [6.45, 7) is 3.74. The molecule has 0 saturated carbocycles. The summed E-state index contributed by atoms with van der Waals surface area (Å²) in [7, 11) is 0. The number of aliphatic hydroxyl groups is 1. The van der Waals surface area contributed by atoms with Gasteiger partial charge in [-0.1, -0.05) is 35.9 Å². The molecule has 4 rings (SSSR count). The fraction of sp³-hybridized carbons (Fsp3) is 0.130. The van der Waals surface area contributed by atoms with Gasteiger partial charge in [0.1, 0.15) is 17.6 Å². The van der Waals surface area contributed by atoms with Crippen molar-refractivity contribution in [2.24, 2.45) is 0 Å². The highest BCUT2D eigenvalue weighted by Crippen LogP contribution is 2.45. The molecule has 6 heteroatoms. The molecule has 1 atom stereocenters. The highest BCUT2D eigenvalue weighted by atomic mass is 32.1. The molecule has 1 amide bonds. The summed E-state index contributed by atoms with van der Waals surface area (Å²) in [5.74, 6) is -1.87. The van der Waals surface area contributed by atoms with Crippen molar-refractivity contribution in [3.63, 3.8) is 0 Å². The van der Waals surface area contributed by atoms with E-state index in [4.69, 9.17) is 0 Å². The Labute approximate surface area is 172 Å². The average molecular weight is 405 g/mol. The van der Waals surface area contributed by atoms with E-state index in [1.165, 1.54) is 22.3 Å². The number of thiophene rings is 1. The van der Waals surface area contributed by atoms with Crippen LogP contribution in [0.5, 0.6) is 5.75 Å². The number of amides is 1. The lowest BCUT2D eigenvalue weighted by molar-refractivity contribution is -0.132. The van der Waals surface area contributed by atoms with Crippen LogP contribution in [0.15, 0.2) is 65.6 Å². The normalized spacial score (nSPS) is 18.4. The van der Waals surface area contributed by atoms with E-state index < -0.39 is 17.7 Å². The Kier molecular flexibility index (Phi) is 4.72. The predicted octanol–water partition coefficient (Wildman–Crippen LogP) is 4.70. The van der Waals surface area contributed by atoms with Crippen LogP contribution in [0.4, 0.5) is 5.69 Å². The minimum Gasteiger partial charge on any atom is -0.507 e. The third-order valence-corrected chi connectivity index (χ3v) is 5.97. The number of aryl methyl sites for hydroxylation is 2. The number of rotatable bonds is 3. The molecule has 0 spiro atoms. The van der Waals surface area contributed by atoms with Crippen LogP contribution in [0.1, 0.15) is 27.6 Å². The molecule has 1 unspecified atom stereocenters. The lowest BCUT2D eigenvalue weighted by Gasteiger charge is -2.24. The molecule has 0 radical (unpaired) electrons. The number of phenolic OH excluding ortho intramolecular Hbond substituents is 1. The van der Waals surface area contributed by atoms with Crippen molar-refractivity contribution in [3.8, 4) is 5.75 Å². The molecule has 146 valence electrons. The maximum Gasteiger partial charge on any atom is 0.300 e. The monoisotopic (exact) mass is 405 g/mol. The number of ketones is 1. The Morgan fingerprint density at radius 3 is 2.48 bits per heavy atom. The molecule has 1 aromatic heterocycles. The summed E-state index contributed by atoms with van der Waals surface area (Å²) in [5, 5.41) is 23.3. The van der Waals surface area contributed by atoms with Gasteiger partial charge in [0.15, 0.2) is 0 Å². The van der Waals surface area contributed by atoms with Gasteiger partial charge < -0.3 is 10.2 Å². The lowest BCUT2D eigenvalue weighted by atomic mass is 9.96. The maximum atomic E-state index is 13.0. The number of carbonyl (C=O) groups is 2. The van der Waals surface area contributed by atoms with Gasteiger partial charge in [0.05, 0.1) is 11.3 Å². The van der Waals surface area contributed by atoms with Gasteiger partial charge in [-0.15, -0.1) is 11.3 Å². The van der Waals surface area contributed by atoms with E-state index in [-0.39, 0.29) is 22.8 Å². The number of phenols is 1. The molecule has 0 aliphatic carbocycles. The van der Waals surface area contributed by atoms with Crippen LogP contribution in [0.25, 0.3) is 5.76 Å². The quantitative estimate of drug-likeness (QED) is 0.376. The summed E-state index contributed by atoms with van der Waals surface area (Å²) in [5.41, 5.74) is 2.50. The Morgan fingerprint density at radius 1 is 1.03 bits per heavy atom. The number of carbonyl (C=O) groups excluding carboxylic acids is 2. The molecule has 3 aromatic rings. The van der Waals surface area contributed by atoms with Crippen LogP contribution in [-0.4, -0.2) is 21.9 Å². The first-order chi connectivity index (χ1) is 13.9. The molecule has 1 fully saturated rings. The first-order valence-electron chi connectivity index (χ1n) is 9.10. The number of anilines is 1. The van der Waals surface area contributed by atoms with Gasteiger partial charge in [-0.25, -0.2) is 0 Å². The fourth-order valence-electron chi connectivity index (χ4n) is 3.60. The summed E-state index contributed by atoms with van der Waals surface area (Å²) in [4.78, 5) is 28.0. The summed E-state index contributed by atoms with van der Waals surface area (Å²) >= 11 is 1.38. The van der Waals surface area contributed by atoms with Crippen LogP contribution in [0, 0.1) is 13.8 Å². The fourth-order valence-corrected chi connectivity index (χ4v) is 4.42. The van der Waals surface area contributed by atoms with Gasteiger partial charge in [0.25, 0.3) is 11.7 Å². The van der Waals surface area contributed by atoms with Gasteiger partial charge in [-0.05, 0) is 49.1 Å². The number of aliphatic hydroxyl groups excluding tert-OH is 1. The molecular formula is C23H19NO4S. The number of Topliss-reactive ketones (excluding diaryl/α,β-unsaturated/α-hetero) is 1. The molecule has 1 aliphatic heterocycles. The molecule has 0 bridgehead atoms. The largest absolute Gasteiger partial charge is 0.507 e. The van der Waals surface area contributed by atoms with E-state index >= 15 is 0 Å². The zero-order valence-corrected chi connectivity index (χ0v) is 16.7. The maximum absolute atomic E-state index is 13.0. The van der Waals surface area contributed by atoms with Gasteiger partial charge in [0.2, 0.25) is 0 Å². The first kappa shape index (κ1) is 19.0. The summed E-state index contributed by atoms with van der Waals surface area (Å²) in [6, 6.07) is 14.8. The molecule has 2 aromatic carbocycles. The van der Waals surface area contributed by atoms with Gasteiger partial charge in [-0.2, -0.15) is 0 Å². The zero-order valence-electron chi connectivity index (χ0n) is 15.9. The van der Waals surface area contributed by atoms with E-state index in [2.05, 4.69) is 0 Å². The van der Waals surface area contributed by atoms with E-state index in [0.29, 0.717) is 5.56 Å². The Bertz CT molecular complexity index is 1150. The number of para-hydroxylation sites is 2.